The van der Waals surface area contributed by atoms with Crippen molar-refractivity contribution in [1.29, 1.82) is 0 Å². The van der Waals surface area contributed by atoms with E-state index >= 15 is 0 Å². The van der Waals surface area contributed by atoms with Crippen LogP contribution >= 0.6 is 0 Å². The van der Waals surface area contributed by atoms with Crippen LogP contribution in [-0.4, -0.2) is 5.78 Å². The Balaban J connectivity index is 1.97. The fourth-order valence-electron chi connectivity index (χ4n) is 2.31. The molecular formula is C17H12F2NO+. The van der Waals surface area contributed by atoms with Crippen LogP contribution in [0.2, 0.25) is 0 Å². The molecule has 0 spiro atoms. The highest BCUT2D eigenvalue weighted by Crippen LogP contribution is 2.12. The van der Waals surface area contributed by atoms with E-state index in [2.05, 4.69) is 0 Å². The van der Waals surface area contributed by atoms with Crippen LogP contribution in [0.1, 0.15) is 10.4 Å². The first-order valence-corrected chi connectivity index (χ1v) is 6.50. The van der Waals surface area contributed by atoms with E-state index < -0.39 is 17.4 Å². The van der Waals surface area contributed by atoms with Gasteiger partial charge in [0, 0.05) is 23.6 Å². The average molecular weight is 284 g/mol. The molecule has 0 aliphatic rings. The summed E-state index contributed by atoms with van der Waals surface area (Å²) < 4.78 is 28.3. The third-order valence-electron chi connectivity index (χ3n) is 3.33. The molecule has 0 bridgehead atoms. The van der Waals surface area contributed by atoms with Gasteiger partial charge < -0.3 is 0 Å². The summed E-state index contributed by atoms with van der Waals surface area (Å²) in [5.41, 5.74) is 0.785. The Labute approximate surface area is 120 Å². The van der Waals surface area contributed by atoms with Crippen LogP contribution in [0.4, 0.5) is 8.78 Å². The number of para-hydroxylation sites is 1. The van der Waals surface area contributed by atoms with Crippen LogP contribution in [0.3, 0.4) is 0 Å². The summed E-state index contributed by atoms with van der Waals surface area (Å²) in [5, 5.41) is 0.993. The van der Waals surface area contributed by atoms with Crippen LogP contribution in [0, 0.1) is 11.6 Å². The number of fused-ring (bicyclic) bond motifs is 1. The molecule has 0 saturated heterocycles. The van der Waals surface area contributed by atoms with Crippen LogP contribution in [0.15, 0.2) is 60.8 Å². The van der Waals surface area contributed by atoms with E-state index in [-0.39, 0.29) is 12.1 Å². The Kier molecular flexibility index (Phi) is 3.44. The normalized spacial score (nSPS) is 10.8. The molecule has 21 heavy (non-hydrogen) atoms. The summed E-state index contributed by atoms with van der Waals surface area (Å²) in [5.74, 6) is -1.92. The maximum absolute atomic E-state index is 13.6. The van der Waals surface area contributed by atoms with E-state index in [0.29, 0.717) is 0 Å². The van der Waals surface area contributed by atoms with Gasteiger partial charge in [0.1, 0.15) is 11.6 Å². The Morgan fingerprint density at radius 1 is 1.00 bits per heavy atom. The minimum atomic E-state index is -0.833. The van der Waals surface area contributed by atoms with Gasteiger partial charge in [-0.2, -0.15) is 4.57 Å². The van der Waals surface area contributed by atoms with Crippen molar-refractivity contribution in [3.63, 3.8) is 0 Å². The fourth-order valence-corrected chi connectivity index (χ4v) is 2.31. The molecule has 0 aliphatic carbocycles. The Hall–Kier alpha value is -2.62. The lowest BCUT2D eigenvalue weighted by molar-refractivity contribution is -0.657. The lowest BCUT2D eigenvalue weighted by Crippen LogP contribution is -2.38. The average Bonchev–Trinajstić information content (AvgIpc) is 2.47. The van der Waals surface area contributed by atoms with Crippen molar-refractivity contribution < 1.29 is 18.1 Å². The fraction of sp³-hybridized carbons (Fsp3) is 0.0588. The van der Waals surface area contributed by atoms with Gasteiger partial charge in [0.05, 0.1) is 5.56 Å². The standard InChI is InChI=1S/C17H12F2NO/c18-13-7-8-14(15(19)10-13)17(21)11-20-9-3-5-12-4-1-2-6-16(12)20/h1-10H,11H2/q+1. The first-order valence-electron chi connectivity index (χ1n) is 6.50. The van der Waals surface area contributed by atoms with E-state index in [0.717, 1.165) is 23.0 Å². The molecule has 0 unspecified atom stereocenters. The molecule has 0 aliphatic heterocycles. The van der Waals surface area contributed by atoms with Crippen LogP contribution in [-0.2, 0) is 6.54 Å². The highest BCUT2D eigenvalue weighted by molar-refractivity contribution is 5.95. The molecule has 3 rings (SSSR count). The molecule has 0 amide bonds. The second-order valence-electron chi connectivity index (χ2n) is 4.74. The summed E-state index contributed by atoms with van der Waals surface area (Å²) in [6.07, 6.45) is 1.77. The van der Waals surface area contributed by atoms with Crippen molar-refractivity contribution in [2.45, 2.75) is 6.54 Å². The number of carbonyl (C=O) groups excluding carboxylic acids is 1. The molecule has 1 heterocycles. The third kappa shape index (κ3) is 2.65. The molecule has 0 N–H and O–H groups in total. The maximum Gasteiger partial charge on any atom is 0.230 e. The van der Waals surface area contributed by atoms with Gasteiger partial charge in [0.25, 0.3) is 0 Å². The Morgan fingerprint density at radius 2 is 1.76 bits per heavy atom. The van der Waals surface area contributed by atoms with Crippen molar-refractivity contribution in [3.05, 3.63) is 78.0 Å². The number of rotatable bonds is 3. The van der Waals surface area contributed by atoms with E-state index in [1.54, 1.807) is 10.8 Å². The van der Waals surface area contributed by atoms with Crippen molar-refractivity contribution >= 4 is 16.7 Å². The van der Waals surface area contributed by atoms with Gasteiger partial charge in [0.15, 0.2) is 6.20 Å². The summed E-state index contributed by atoms with van der Waals surface area (Å²) in [6, 6.07) is 14.4. The summed E-state index contributed by atoms with van der Waals surface area (Å²) in [7, 11) is 0. The Morgan fingerprint density at radius 3 is 2.57 bits per heavy atom. The second-order valence-corrected chi connectivity index (χ2v) is 4.74. The number of nitrogens with zero attached hydrogens (tertiary/aromatic N) is 1. The molecule has 0 radical (unpaired) electrons. The first kappa shape index (κ1) is 13.4. The zero-order valence-electron chi connectivity index (χ0n) is 11.1. The monoisotopic (exact) mass is 284 g/mol. The second kappa shape index (κ2) is 5.40. The largest absolute Gasteiger partial charge is 0.287 e. The molecule has 0 atom stereocenters. The van der Waals surface area contributed by atoms with Crippen molar-refractivity contribution in [2.24, 2.45) is 0 Å². The third-order valence-corrected chi connectivity index (χ3v) is 3.33. The number of pyridine rings is 1. The van der Waals surface area contributed by atoms with Gasteiger partial charge in [-0.05, 0) is 24.3 Å². The first-order chi connectivity index (χ1) is 10.1. The molecule has 0 fully saturated rings. The predicted octanol–water partition coefficient (Wildman–Crippen LogP) is 3.29. The number of ketones is 1. The van der Waals surface area contributed by atoms with Crippen molar-refractivity contribution in [3.8, 4) is 0 Å². The Bertz CT molecular complexity index is 825. The molecule has 2 aromatic carbocycles. The van der Waals surface area contributed by atoms with Crippen molar-refractivity contribution in [1.82, 2.24) is 0 Å². The van der Waals surface area contributed by atoms with E-state index in [4.69, 9.17) is 0 Å². The number of halogens is 2. The molecular weight excluding hydrogens is 272 g/mol. The van der Waals surface area contributed by atoms with Gasteiger partial charge in [-0.15, -0.1) is 0 Å². The van der Waals surface area contributed by atoms with Crippen LogP contribution < -0.4 is 4.57 Å². The molecule has 2 nitrogen and oxygen atoms in total. The van der Waals surface area contributed by atoms with E-state index in [1.165, 1.54) is 6.07 Å². The topological polar surface area (TPSA) is 20.9 Å². The SMILES string of the molecule is O=C(C[n+]1cccc2ccccc21)c1ccc(F)cc1F. The van der Waals surface area contributed by atoms with Crippen molar-refractivity contribution in [2.75, 3.05) is 0 Å². The van der Waals surface area contributed by atoms with E-state index in [1.807, 2.05) is 36.4 Å². The molecule has 0 saturated carbocycles. The van der Waals surface area contributed by atoms with E-state index in [9.17, 15) is 13.6 Å². The lowest BCUT2D eigenvalue weighted by Gasteiger charge is -2.02. The molecule has 1 aromatic heterocycles. The highest BCUT2D eigenvalue weighted by Gasteiger charge is 2.18. The smallest absolute Gasteiger partial charge is 0.230 e. The van der Waals surface area contributed by atoms with Crippen LogP contribution in [0.5, 0.6) is 0 Å². The summed E-state index contributed by atoms with van der Waals surface area (Å²) in [4.78, 5) is 12.2. The van der Waals surface area contributed by atoms with Gasteiger partial charge in [0.2, 0.25) is 17.8 Å². The predicted molar refractivity (Wildman–Crippen MR) is 74.8 cm³/mol. The van der Waals surface area contributed by atoms with Crippen LogP contribution in [0.25, 0.3) is 10.9 Å². The molecule has 3 aromatic rings. The van der Waals surface area contributed by atoms with Gasteiger partial charge in [-0.3, -0.25) is 4.79 Å². The highest BCUT2D eigenvalue weighted by atomic mass is 19.1. The number of hydrogen-bond acceptors (Lipinski definition) is 1. The van der Waals surface area contributed by atoms with Gasteiger partial charge >= 0.3 is 0 Å². The number of hydrogen-bond donors (Lipinski definition) is 0. The summed E-state index contributed by atoms with van der Waals surface area (Å²) >= 11 is 0. The molecule has 4 heteroatoms. The quantitative estimate of drug-likeness (QED) is 0.534. The zero-order valence-corrected chi connectivity index (χ0v) is 11.1. The number of Topliss-reactive ketones (excluding diaryl/α,β-unsaturated/α-hetero) is 1. The minimum Gasteiger partial charge on any atom is -0.287 e. The number of benzene rings is 2. The number of aromatic nitrogens is 1. The van der Waals surface area contributed by atoms with Gasteiger partial charge in [-0.25, -0.2) is 8.78 Å². The van der Waals surface area contributed by atoms with Gasteiger partial charge in [-0.1, -0.05) is 12.1 Å². The number of carbonyl (C=O) groups is 1. The lowest BCUT2D eigenvalue weighted by atomic mass is 10.1. The minimum absolute atomic E-state index is 0.00387. The maximum atomic E-state index is 13.6. The molecule has 104 valence electrons. The zero-order chi connectivity index (χ0) is 14.8. The summed E-state index contributed by atoms with van der Waals surface area (Å²) in [6.45, 7) is 0.00387.